The second-order valence-corrected chi connectivity index (χ2v) is 7.71. The Bertz CT molecular complexity index is 888. The molecule has 5 heteroatoms. The number of carbonyl (C=O) groups is 1. The van der Waals surface area contributed by atoms with E-state index in [2.05, 4.69) is 50.5 Å². The van der Waals surface area contributed by atoms with Crippen molar-refractivity contribution in [1.82, 2.24) is 14.9 Å². The first-order valence-electron chi connectivity index (χ1n) is 8.76. The average Bonchev–Trinajstić information content (AvgIpc) is 3.27. The molecule has 1 saturated carbocycles. The average molecular weight is 410 g/mol. The van der Waals surface area contributed by atoms with Gasteiger partial charge in [-0.3, -0.25) is 4.79 Å². The lowest BCUT2D eigenvalue weighted by Gasteiger charge is -2.15. The molecule has 132 valence electrons. The van der Waals surface area contributed by atoms with Crippen molar-refractivity contribution in [3.8, 4) is 5.69 Å². The Morgan fingerprint density at radius 2 is 1.92 bits per heavy atom. The van der Waals surface area contributed by atoms with Crippen LogP contribution < -0.4 is 5.32 Å². The molecule has 1 amide bonds. The van der Waals surface area contributed by atoms with E-state index in [0.717, 1.165) is 22.1 Å². The molecule has 0 saturated heterocycles. The van der Waals surface area contributed by atoms with Gasteiger partial charge in [-0.25, -0.2) is 4.98 Å². The predicted molar refractivity (Wildman–Crippen MR) is 105 cm³/mol. The van der Waals surface area contributed by atoms with Gasteiger partial charge in [0.05, 0.1) is 12.4 Å². The zero-order chi connectivity index (χ0) is 18.1. The van der Waals surface area contributed by atoms with E-state index < -0.39 is 0 Å². The molecule has 2 aromatic carbocycles. The number of nitrogens with one attached hydrogen (secondary N) is 1. The highest BCUT2D eigenvalue weighted by Gasteiger charge is 2.44. The molecule has 0 spiro atoms. The summed E-state index contributed by atoms with van der Waals surface area (Å²) in [6.07, 6.45) is 6.37. The van der Waals surface area contributed by atoms with Crippen LogP contribution in [-0.2, 0) is 4.79 Å². The molecule has 1 aliphatic rings. The highest BCUT2D eigenvalue weighted by Crippen LogP contribution is 2.47. The van der Waals surface area contributed by atoms with E-state index in [-0.39, 0.29) is 17.9 Å². The molecular formula is C21H20BrN3O. The predicted octanol–water partition coefficient (Wildman–Crippen LogP) is 4.62. The van der Waals surface area contributed by atoms with Crippen molar-refractivity contribution in [2.45, 2.75) is 25.3 Å². The standard InChI is InChI=1S/C21H20BrN3O/c1-14(15-4-8-18(9-5-15)25-11-10-23-13-25)24-21(26)20-12-19(20)16-2-6-17(22)7-3-16/h2-11,13-14,19-20H,12H2,1H3,(H,24,26). The number of hydrogen-bond donors (Lipinski definition) is 1. The van der Waals surface area contributed by atoms with E-state index in [0.29, 0.717) is 5.92 Å². The Hall–Kier alpha value is -2.40. The Balaban J connectivity index is 1.37. The maximum absolute atomic E-state index is 12.6. The molecule has 1 aliphatic carbocycles. The van der Waals surface area contributed by atoms with Crippen LogP contribution in [0, 0.1) is 5.92 Å². The number of carbonyl (C=O) groups excluding carboxylic acids is 1. The second-order valence-electron chi connectivity index (χ2n) is 6.79. The van der Waals surface area contributed by atoms with Crippen molar-refractivity contribution in [3.63, 3.8) is 0 Å². The topological polar surface area (TPSA) is 46.9 Å². The summed E-state index contributed by atoms with van der Waals surface area (Å²) in [5, 5.41) is 3.16. The number of rotatable bonds is 5. The second kappa shape index (κ2) is 7.08. The van der Waals surface area contributed by atoms with Gasteiger partial charge in [0.15, 0.2) is 0 Å². The number of amides is 1. The number of halogens is 1. The fourth-order valence-corrected chi connectivity index (χ4v) is 3.58. The third kappa shape index (κ3) is 3.58. The first-order chi connectivity index (χ1) is 12.6. The quantitative estimate of drug-likeness (QED) is 0.668. The maximum atomic E-state index is 12.6. The summed E-state index contributed by atoms with van der Waals surface area (Å²) in [6.45, 7) is 2.03. The summed E-state index contributed by atoms with van der Waals surface area (Å²) in [6, 6.07) is 16.5. The van der Waals surface area contributed by atoms with Crippen LogP contribution in [0.1, 0.15) is 36.4 Å². The van der Waals surface area contributed by atoms with Gasteiger partial charge in [-0.1, -0.05) is 40.2 Å². The van der Waals surface area contributed by atoms with Gasteiger partial charge in [-0.05, 0) is 54.7 Å². The molecule has 4 rings (SSSR count). The van der Waals surface area contributed by atoms with Crippen molar-refractivity contribution in [2.24, 2.45) is 5.92 Å². The molecule has 3 atom stereocenters. The van der Waals surface area contributed by atoms with Gasteiger partial charge in [0.2, 0.25) is 5.91 Å². The molecule has 26 heavy (non-hydrogen) atoms. The van der Waals surface area contributed by atoms with E-state index in [4.69, 9.17) is 0 Å². The third-order valence-corrected chi connectivity index (χ3v) is 5.51. The summed E-state index contributed by atoms with van der Waals surface area (Å²) in [4.78, 5) is 16.6. The zero-order valence-corrected chi connectivity index (χ0v) is 16.1. The maximum Gasteiger partial charge on any atom is 0.224 e. The first kappa shape index (κ1) is 17.0. The molecule has 4 nitrogen and oxygen atoms in total. The fourth-order valence-electron chi connectivity index (χ4n) is 3.31. The van der Waals surface area contributed by atoms with Crippen molar-refractivity contribution < 1.29 is 4.79 Å². The molecule has 0 bridgehead atoms. The highest BCUT2D eigenvalue weighted by molar-refractivity contribution is 9.10. The number of nitrogens with zero attached hydrogens (tertiary/aromatic N) is 2. The Kier molecular flexibility index (Phi) is 4.64. The molecule has 3 aromatic rings. The van der Waals surface area contributed by atoms with Crippen LogP contribution >= 0.6 is 15.9 Å². The van der Waals surface area contributed by atoms with Crippen molar-refractivity contribution in [3.05, 3.63) is 82.9 Å². The van der Waals surface area contributed by atoms with Crippen molar-refractivity contribution in [2.75, 3.05) is 0 Å². The summed E-state index contributed by atoms with van der Waals surface area (Å²) < 4.78 is 3.02. The minimum absolute atomic E-state index is 0.00879. The molecule has 0 radical (unpaired) electrons. The number of hydrogen-bond acceptors (Lipinski definition) is 2. The minimum atomic E-state index is -0.00879. The highest BCUT2D eigenvalue weighted by atomic mass is 79.9. The lowest BCUT2D eigenvalue weighted by atomic mass is 10.1. The lowest BCUT2D eigenvalue weighted by Crippen LogP contribution is -2.28. The summed E-state index contributed by atoms with van der Waals surface area (Å²) in [7, 11) is 0. The summed E-state index contributed by atoms with van der Waals surface area (Å²) in [5.74, 6) is 0.576. The number of aromatic nitrogens is 2. The van der Waals surface area contributed by atoms with Crippen LogP contribution in [0.5, 0.6) is 0 Å². The van der Waals surface area contributed by atoms with Crippen LogP contribution in [0.25, 0.3) is 5.69 Å². The van der Waals surface area contributed by atoms with Crippen LogP contribution in [0.4, 0.5) is 0 Å². The summed E-state index contributed by atoms with van der Waals surface area (Å²) >= 11 is 3.45. The largest absolute Gasteiger partial charge is 0.349 e. The van der Waals surface area contributed by atoms with E-state index in [9.17, 15) is 4.79 Å². The molecule has 3 unspecified atom stereocenters. The number of imidazole rings is 1. The molecule has 1 fully saturated rings. The van der Waals surface area contributed by atoms with Crippen LogP contribution in [-0.4, -0.2) is 15.5 Å². The zero-order valence-electron chi connectivity index (χ0n) is 14.5. The van der Waals surface area contributed by atoms with Gasteiger partial charge in [0.1, 0.15) is 0 Å². The van der Waals surface area contributed by atoms with E-state index >= 15 is 0 Å². The van der Waals surface area contributed by atoms with Gasteiger partial charge in [-0.2, -0.15) is 0 Å². The smallest absolute Gasteiger partial charge is 0.224 e. The summed E-state index contributed by atoms with van der Waals surface area (Å²) in [5.41, 5.74) is 3.40. The van der Waals surface area contributed by atoms with Crippen LogP contribution in [0.2, 0.25) is 0 Å². The molecule has 1 aromatic heterocycles. The molecule has 1 heterocycles. The van der Waals surface area contributed by atoms with Gasteiger partial charge in [0.25, 0.3) is 0 Å². The monoisotopic (exact) mass is 409 g/mol. The lowest BCUT2D eigenvalue weighted by molar-refractivity contribution is -0.123. The Morgan fingerprint density at radius 3 is 2.58 bits per heavy atom. The minimum Gasteiger partial charge on any atom is -0.349 e. The van der Waals surface area contributed by atoms with Crippen LogP contribution in [0.3, 0.4) is 0 Å². The molecular weight excluding hydrogens is 390 g/mol. The van der Waals surface area contributed by atoms with Gasteiger partial charge >= 0.3 is 0 Å². The first-order valence-corrected chi connectivity index (χ1v) is 9.55. The van der Waals surface area contributed by atoms with Gasteiger partial charge < -0.3 is 9.88 Å². The van der Waals surface area contributed by atoms with Crippen LogP contribution in [0.15, 0.2) is 71.7 Å². The fraction of sp³-hybridized carbons (Fsp3) is 0.238. The number of benzene rings is 2. The Morgan fingerprint density at radius 1 is 1.19 bits per heavy atom. The van der Waals surface area contributed by atoms with Crippen molar-refractivity contribution in [1.29, 1.82) is 0 Å². The normalized spacial score (nSPS) is 19.8. The van der Waals surface area contributed by atoms with Gasteiger partial charge in [0, 0.05) is 28.5 Å². The van der Waals surface area contributed by atoms with E-state index in [1.807, 2.05) is 42.0 Å². The molecule has 1 N–H and O–H groups in total. The third-order valence-electron chi connectivity index (χ3n) is 4.98. The van der Waals surface area contributed by atoms with Crippen molar-refractivity contribution >= 4 is 21.8 Å². The Labute approximate surface area is 161 Å². The molecule has 0 aliphatic heterocycles. The van der Waals surface area contributed by atoms with E-state index in [1.54, 1.807) is 12.5 Å². The SMILES string of the molecule is CC(NC(=O)C1CC1c1ccc(Br)cc1)c1ccc(-n2ccnc2)cc1. The van der Waals surface area contributed by atoms with E-state index in [1.165, 1.54) is 5.56 Å². The van der Waals surface area contributed by atoms with Gasteiger partial charge in [-0.15, -0.1) is 0 Å².